The van der Waals surface area contributed by atoms with Crippen LogP contribution >= 0.6 is 11.6 Å². The molecule has 120 valence electrons. The van der Waals surface area contributed by atoms with Gasteiger partial charge in [0.05, 0.1) is 0 Å². The summed E-state index contributed by atoms with van der Waals surface area (Å²) in [5.41, 5.74) is 0.541. The number of anilines is 2. The fourth-order valence-corrected chi connectivity index (χ4v) is 2.06. The predicted octanol–water partition coefficient (Wildman–Crippen LogP) is 3.89. The number of rotatable bonds is 4. The van der Waals surface area contributed by atoms with Gasteiger partial charge in [-0.15, -0.1) is 0 Å². The Morgan fingerprint density at radius 2 is 1.57 bits per heavy atom. The summed E-state index contributed by atoms with van der Waals surface area (Å²) in [7, 11) is 0. The first-order valence-electron chi connectivity index (χ1n) is 6.67. The largest absolute Gasteiger partial charge is 0.325 e. The number of carbonyl (C=O) groups excluding carboxylic acids is 2. The number of hydrogen-bond acceptors (Lipinski definition) is 2. The van der Waals surface area contributed by atoms with Crippen LogP contribution in [0.15, 0.2) is 36.4 Å². The van der Waals surface area contributed by atoms with Crippen molar-refractivity contribution in [2.45, 2.75) is 13.3 Å². The van der Waals surface area contributed by atoms with Crippen LogP contribution in [-0.4, -0.2) is 11.8 Å². The number of nitrogens with one attached hydrogen (secondary N) is 2. The molecule has 0 aliphatic carbocycles. The average molecular weight is 339 g/mol. The van der Waals surface area contributed by atoms with Crippen molar-refractivity contribution >= 4 is 34.8 Å². The van der Waals surface area contributed by atoms with Crippen molar-refractivity contribution in [2.24, 2.45) is 0 Å². The van der Waals surface area contributed by atoms with E-state index in [-0.39, 0.29) is 0 Å². The van der Waals surface area contributed by atoms with Crippen LogP contribution < -0.4 is 10.6 Å². The molecule has 0 aliphatic rings. The van der Waals surface area contributed by atoms with E-state index in [0.717, 1.165) is 12.1 Å². The number of carbonyl (C=O) groups is 2. The van der Waals surface area contributed by atoms with E-state index in [2.05, 4.69) is 5.32 Å². The van der Waals surface area contributed by atoms with Crippen molar-refractivity contribution in [3.05, 3.63) is 58.6 Å². The fourth-order valence-electron chi connectivity index (χ4n) is 1.88. The highest BCUT2D eigenvalue weighted by atomic mass is 35.5. The van der Waals surface area contributed by atoms with E-state index in [1.807, 2.05) is 5.32 Å². The smallest absolute Gasteiger partial charge is 0.233 e. The number of benzene rings is 2. The van der Waals surface area contributed by atoms with Crippen LogP contribution in [0.25, 0.3) is 0 Å². The Bertz CT molecular complexity index is 745. The minimum atomic E-state index is -0.913. The Balaban J connectivity index is 2.00. The lowest BCUT2D eigenvalue weighted by atomic mass is 10.2. The molecule has 2 aromatic carbocycles. The molecular formula is C16H13ClF2N2O2. The maximum Gasteiger partial charge on any atom is 0.233 e. The molecule has 2 rings (SSSR count). The summed E-state index contributed by atoms with van der Waals surface area (Å²) in [5, 5.41) is 5.04. The monoisotopic (exact) mass is 338 g/mol. The standard InChI is InChI=1S/C16H13ClF2N2O2/c1-9-10(17)4-2-7-13(9)20-14(22)8-15(23)21-16-11(18)5-3-6-12(16)19/h2-7H,8H2,1H3,(H,20,22)(H,21,23). The molecule has 0 fully saturated rings. The summed E-state index contributed by atoms with van der Waals surface area (Å²) in [6.07, 6.45) is -0.584. The lowest BCUT2D eigenvalue weighted by molar-refractivity contribution is -0.123. The van der Waals surface area contributed by atoms with Crippen LogP contribution in [-0.2, 0) is 9.59 Å². The van der Waals surface area contributed by atoms with Crippen LogP contribution in [0.3, 0.4) is 0 Å². The van der Waals surface area contributed by atoms with E-state index in [9.17, 15) is 18.4 Å². The Morgan fingerprint density at radius 1 is 1.00 bits per heavy atom. The SMILES string of the molecule is Cc1c(Cl)cccc1NC(=O)CC(=O)Nc1c(F)cccc1F. The highest BCUT2D eigenvalue weighted by Crippen LogP contribution is 2.23. The molecule has 0 radical (unpaired) electrons. The van der Waals surface area contributed by atoms with Gasteiger partial charge in [0, 0.05) is 10.7 Å². The minimum absolute atomic E-state index is 0.465. The van der Waals surface area contributed by atoms with Crippen molar-refractivity contribution in [1.29, 1.82) is 0 Å². The van der Waals surface area contributed by atoms with E-state index in [4.69, 9.17) is 11.6 Å². The molecule has 0 heterocycles. The summed E-state index contributed by atoms with van der Waals surface area (Å²) in [6.45, 7) is 1.72. The topological polar surface area (TPSA) is 58.2 Å². The lowest BCUT2D eigenvalue weighted by Gasteiger charge is -2.10. The molecule has 0 unspecified atom stereocenters. The molecule has 0 aliphatic heterocycles. The summed E-state index contributed by atoms with van der Waals surface area (Å²) < 4.78 is 26.8. The van der Waals surface area contributed by atoms with E-state index >= 15 is 0 Å². The Morgan fingerprint density at radius 3 is 2.22 bits per heavy atom. The average Bonchev–Trinajstić information content (AvgIpc) is 2.48. The van der Waals surface area contributed by atoms with Gasteiger partial charge in [-0.25, -0.2) is 8.78 Å². The van der Waals surface area contributed by atoms with Gasteiger partial charge in [-0.2, -0.15) is 0 Å². The van der Waals surface area contributed by atoms with Crippen LogP contribution in [0.1, 0.15) is 12.0 Å². The predicted molar refractivity (Wildman–Crippen MR) is 84.4 cm³/mol. The molecule has 4 nitrogen and oxygen atoms in total. The van der Waals surface area contributed by atoms with Gasteiger partial charge in [-0.1, -0.05) is 23.7 Å². The molecule has 0 aromatic heterocycles. The molecule has 2 amide bonds. The molecule has 0 bridgehead atoms. The minimum Gasteiger partial charge on any atom is -0.325 e. The van der Waals surface area contributed by atoms with Gasteiger partial charge in [-0.3, -0.25) is 9.59 Å². The van der Waals surface area contributed by atoms with Crippen molar-refractivity contribution in [1.82, 2.24) is 0 Å². The van der Waals surface area contributed by atoms with E-state index in [0.29, 0.717) is 16.3 Å². The van der Waals surface area contributed by atoms with Crippen LogP contribution in [0.2, 0.25) is 5.02 Å². The zero-order chi connectivity index (χ0) is 17.0. The highest BCUT2D eigenvalue weighted by Gasteiger charge is 2.15. The molecule has 0 saturated carbocycles. The maximum atomic E-state index is 13.4. The third kappa shape index (κ3) is 4.26. The molecule has 0 spiro atoms. The normalized spacial score (nSPS) is 10.3. The summed E-state index contributed by atoms with van der Waals surface area (Å²) in [6, 6.07) is 8.14. The second-order valence-electron chi connectivity index (χ2n) is 4.78. The second-order valence-corrected chi connectivity index (χ2v) is 5.19. The van der Waals surface area contributed by atoms with Crippen LogP contribution in [0, 0.1) is 18.6 Å². The maximum absolute atomic E-state index is 13.4. The zero-order valence-electron chi connectivity index (χ0n) is 12.1. The highest BCUT2D eigenvalue weighted by molar-refractivity contribution is 6.31. The molecule has 0 saturated heterocycles. The Labute approximate surface area is 136 Å². The van der Waals surface area contributed by atoms with Crippen molar-refractivity contribution < 1.29 is 18.4 Å². The van der Waals surface area contributed by atoms with Gasteiger partial charge >= 0.3 is 0 Å². The van der Waals surface area contributed by atoms with Gasteiger partial charge in [0.1, 0.15) is 23.7 Å². The van der Waals surface area contributed by atoms with Crippen molar-refractivity contribution in [2.75, 3.05) is 10.6 Å². The first kappa shape index (κ1) is 16.9. The summed E-state index contributed by atoms with van der Waals surface area (Å²) in [5.74, 6) is -3.27. The van der Waals surface area contributed by atoms with Gasteiger partial charge in [0.15, 0.2) is 0 Å². The molecule has 23 heavy (non-hydrogen) atoms. The van der Waals surface area contributed by atoms with Crippen molar-refractivity contribution in [3.63, 3.8) is 0 Å². The number of para-hydroxylation sites is 1. The van der Waals surface area contributed by atoms with E-state index < -0.39 is 35.6 Å². The Hall–Kier alpha value is -2.47. The third-order valence-corrected chi connectivity index (χ3v) is 3.50. The third-order valence-electron chi connectivity index (χ3n) is 3.09. The van der Waals surface area contributed by atoms with Crippen molar-refractivity contribution in [3.8, 4) is 0 Å². The number of halogens is 3. The van der Waals surface area contributed by atoms with Gasteiger partial charge < -0.3 is 10.6 Å². The molecule has 2 aromatic rings. The molecule has 0 atom stereocenters. The molecule has 7 heteroatoms. The molecular weight excluding hydrogens is 326 g/mol. The Kier molecular flexibility index (Phi) is 5.28. The zero-order valence-corrected chi connectivity index (χ0v) is 12.9. The van der Waals surface area contributed by atoms with Crippen LogP contribution in [0.5, 0.6) is 0 Å². The van der Waals surface area contributed by atoms with Crippen LogP contribution in [0.4, 0.5) is 20.2 Å². The summed E-state index contributed by atoms with van der Waals surface area (Å²) >= 11 is 5.93. The first-order valence-corrected chi connectivity index (χ1v) is 7.05. The number of hydrogen-bond donors (Lipinski definition) is 2. The first-order chi connectivity index (χ1) is 10.9. The fraction of sp³-hybridized carbons (Fsp3) is 0.125. The molecule has 2 N–H and O–H groups in total. The van der Waals surface area contributed by atoms with Gasteiger partial charge in [-0.05, 0) is 36.8 Å². The van der Waals surface area contributed by atoms with E-state index in [1.54, 1.807) is 25.1 Å². The number of amides is 2. The summed E-state index contributed by atoms with van der Waals surface area (Å²) in [4.78, 5) is 23.6. The van der Waals surface area contributed by atoms with E-state index in [1.165, 1.54) is 6.07 Å². The van der Waals surface area contributed by atoms with Gasteiger partial charge in [0.2, 0.25) is 11.8 Å². The quantitative estimate of drug-likeness (QED) is 0.831. The van der Waals surface area contributed by atoms with Gasteiger partial charge in [0.25, 0.3) is 0 Å². The lowest BCUT2D eigenvalue weighted by Crippen LogP contribution is -2.22. The second kappa shape index (κ2) is 7.19.